The van der Waals surface area contributed by atoms with Crippen LogP contribution >= 0.6 is 11.6 Å². The van der Waals surface area contributed by atoms with E-state index in [0.29, 0.717) is 29.1 Å². The quantitative estimate of drug-likeness (QED) is 0.748. The maximum absolute atomic E-state index is 12.7. The number of benzene rings is 1. The van der Waals surface area contributed by atoms with Crippen LogP contribution in [-0.2, 0) is 9.59 Å². The average molecular weight is 373 g/mol. The second-order valence-electron chi connectivity index (χ2n) is 7.22. The largest absolute Gasteiger partial charge is 0.339 e. The first-order valence-corrected chi connectivity index (χ1v) is 9.56. The van der Waals surface area contributed by atoms with E-state index in [4.69, 9.17) is 11.6 Å². The highest BCUT2D eigenvalue weighted by Crippen LogP contribution is 2.40. The van der Waals surface area contributed by atoms with Gasteiger partial charge in [-0.25, -0.2) is 0 Å². The normalized spacial score (nSPS) is 26.0. The van der Waals surface area contributed by atoms with Gasteiger partial charge in [-0.2, -0.15) is 0 Å². The van der Waals surface area contributed by atoms with Crippen molar-refractivity contribution in [2.75, 3.05) is 18.0 Å². The van der Waals surface area contributed by atoms with Crippen LogP contribution in [-0.4, -0.2) is 35.7 Å². The number of hydrogen-bond acceptors (Lipinski definition) is 3. The topological polar surface area (TPSA) is 57.7 Å². The molecule has 0 unspecified atom stereocenters. The molecule has 0 aromatic heterocycles. The molecule has 1 aromatic carbocycles. The molecule has 5 nitrogen and oxygen atoms in total. The fourth-order valence-corrected chi connectivity index (χ4v) is 4.37. The molecule has 1 aliphatic carbocycles. The number of rotatable bonds is 2. The Morgan fingerprint density at radius 2 is 1.62 bits per heavy atom. The van der Waals surface area contributed by atoms with Gasteiger partial charge >= 0.3 is 0 Å². The van der Waals surface area contributed by atoms with Crippen LogP contribution < -0.4 is 4.90 Å². The van der Waals surface area contributed by atoms with Crippen molar-refractivity contribution in [2.45, 2.75) is 32.1 Å². The van der Waals surface area contributed by atoms with Crippen molar-refractivity contribution in [1.29, 1.82) is 0 Å². The monoisotopic (exact) mass is 372 g/mol. The summed E-state index contributed by atoms with van der Waals surface area (Å²) in [5.41, 5.74) is 1.12. The number of amides is 3. The molecule has 3 amide bonds. The minimum Gasteiger partial charge on any atom is -0.339 e. The average Bonchev–Trinajstić information content (AvgIpc) is 2.92. The van der Waals surface area contributed by atoms with Crippen molar-refractivity contribution in [2.24, 2.45) is 11.8 Å². The molecular formula is C20H21ClN2O3. The number of imide groups is 1. The Morgan fingerprint density at radius 3 is 2.31 bits per heavy atom. The van der Waals surface area contributed by atoms with E-state index in [1.807, 2.05) is 11.0 Å². The van der Waals surface area contributed by atoms with Gasteiger partial charge in [0.05, 0.1) is 17.5 Å². The van der Waals surface area contributed by atoms with E-state index in [9.17, 15) is 14.4 Å². The Labute approximate surface area is 157 Å². The van der Waals surface area contributed by atoms with Crippen molar-refractivity contribution < 1.29 is 14.4 Å². The van der Waals surface area contributed by atoms with E-state index in [1.165, 1.54) is 11.3 Å². The molecule has 4 rings (SSSR count). The van der Waals surface area contributed by atoms with Gasteiger partial charge in [0, 0.05) is 23.7 Å². The van der Waals surface area contributed by atoms with E-state index in [1.54, 1.807) is 24.3 Å². The number of hydrogen-bond donors (Lipinski definition) is 0. The Bertz CT molecular complexity index is 781. The van der Waals surface area contributed by atoms with Crippen molar-refractivity contribution >= 4 is 35.0 Å². The van der Waals surface area contributed by atoms with E-state index in [0.717, 1.165) is 25.9 Å². The summed E-state index contributed by atoms with van der Waals surface area (Å²) >= 11 is 6.06. The third-order valence-electron chi connectivity index (χ3n) is 5.58. The molecule has 6 heteroatoms. The smallest absolute Gasteiger partial charge is 0.253 e. The van der Waals surface area contributed by atoms with E-state index < -0.39 is 0 Å². The molecule has 2 heterocycles. The van der Waals surface area contributed by atoms with Gasteiger partial charge in [-0.05, 0) is 56.4 Å². The lowest BCUT2D eigenvalue weighted by Crippen LogP contribution is -2.35. The lowest BCUT2D eigenvalue weighted by molar-refractivity contribution is -0.122. The van der Waals surface area contributed by atoms with Crippen LogP contribution in [0.15, 0.2) is 35.4 Å². The molecule has 2 fully saturated rings. The fraction of sp³-hybridized carbons (Fsp3) is 0.450. The highest BCUT2D eigenvalue weighted by atomic mass is 35.5. The SMILES string of the molecule is O=C(c1ccc(N2C(=O)[C@H]3CC(Cl)=CC[C@H]3C2=O)cc1)N1CCCCC1. The number of piperidine rings is 1. The summed E-state index contributed by atoms with van der Waals surface area (Å²) in [5.74, 6) is -1.04. The number of fused-ring (bicyclic) bond motifs is 1. The summed E-state index contributed by atoms with van der Waals surface area (Å²) in [5, 5.41) is 0.650. The molecule has 2 atom stereocenters. The molecule has 0 N–H and O–H groups in total. The van der Waals surface area contributed by atoms with E-state index in [-0.39, 0.29) is 29.6 Å². The molecule has 136 valence electrons. The van der Waals surface area contributed by atoms with Crippen LogP contribution in [0, 0.1) is 11.8 Å². The maximum atomic E-state index is 12.7. The van der Waals surface area contributed by atoms with Crippen molar-refractivity contribution in [3.63, 3.8) is 0 Å². The second-order valence-corrected chi connectivity index (χ2v) is 7.70. The Morgan fingerprint density at radius 1 is 0.962 bits per heavy atom. The lowest BCUT2D eigenvalue weighted by atomic mass is 9.85. The zero-order chi connectivity index (χ0) is 18.3. The number of likely N-dealkylation sites (tertiary alicyclic amines) is 1. The standard InChI is InChI=1S/C20H21ClN2O3/c21-14-6-9-16-17(12-14)20(26)23(19(16)25)15-7-4-13(5-8-15)18(24)22-10-2-1-3-11-22/h4-8,16-17H,1-3,9-12H2/t16-,17+/m1/s1. The summed E-state index contributed by atoms with van der Waals surface area (Å²) in [6, 6.07) is 6.80. The van der Waals surface area contributed by atoms with E-state index >= 15 is 0 Å². The first-order valence-electron chi connectivity index (χ1n) is 9.18. The molecule has 3 aliphatic rings. The third-order valence-corrected chi connectivity index (χ3v) is 5.89. The Kier molecular flexibility index (Phi) is 4.57. The number of carbonyl (C=O) groups is 3. The van der Waals surface area contributed by atoms with Crippen molar-refractivity contribution in [3.05, 3.63) is 40.9 Å². The zero-order valence-corrected chi connectivity index (χ0v) is 15.2. The summed E-state index contributed by atoms with van der Waals surface area (Å²) < 4.78 is 0. The molecule has 0 bridgehead atoms. The van der Waals surface area contributed by atoms with Crippen LogP contribution in [0.25, 0.3) is 0 Å². The molecular weight excluding hydrogens is 352 g/mol. The van der Waals surface area contributed by atoms with Gasteiger partial charge in [-0.3, -0.25) is 19.3 Å². The Balaban J connectivity index is 1.53. The summed E-state index contributed by atoms with van der Waals surface area (Å²) in [6.07, 6.45) is 6.02. The number of halogens is 1. The van der Waals surface area contributed by atoms with Crippen molar-refractivity contribution in [1.82, 2.24) is 4.90 Å². The van der Waals surface area contributed by atoms with Gasteiger partial charge in [-0.1, -0.05) is 17.7 Å². The van der Waals surface area contributed by atoms with Crippen molar-refractivity contribution in [3.8, 4) is 0 Å². The molecule has 2 saturated heterocycles. The van der Waals surface area contributed by atoms with Crippen LogP contribution in [0.1, 0.15) is 42.5 Å². The second kappa shape index (κ2) is 6.88. The number of nitrogens with zero attached hydrogens (tertiary/aromatic N) is 2. The van der Waals surface area contributed by atoms with Gasteiger partial charge < -0.3 is 4.90 Å². The highest BCUT2D eigenvalue weighted by Gasteiger charge is 2.48. The Hall–Kier alpha value is -2.14. The third kappa shape index (κ3) is 2.94. The summed E-state index contributed by atoms with van der Waals surface area (Å²) in [4.78, 5) is 41.1. The predicted octanol–water partition coefficient (Wildman–Crippen LogP) is 3.33. The minimum atomic E-state index is -0.366. The number of carbonyl (C=O) groups excluding carboxylic acids is 3. The van der Waals surface area contributed by atoms with Gasteiger partial charge in [0.25, 0.3) is 5.91 Å². The predicted molar refractivity (Wildman–Crippen MR) is 98.8 cm³/mol. The summed E-state index contributed by atoms with van der Waals surface area (Å²) in [7, 11) is 0. The van der Waals surface area contributed by atoms with Gasteiger partial charge in [-0.15, -0.1) is 0 Å². The highest BCUT2D eigenvalue weighted by molar-refractivity contribution is 6.30. The van der Waals surface area contributed by atoms with Crippen LogP contribution in [0.5, 0.6) is 0 Å². The fourth-order valence-electron chi connectivity index (χ4n) is 4.11. The number of allylic oxidation sites excluding steroid dienone is 2. The van der Waals surface area contributed by atoms with Crippen LogP contribution in [0.4, 0.5) is 5.69 Å². The first kappa shape index (κ1) is 17.3. The van der Waals surface area contributed by atoms with Gasteiger partial charge in [0.2, 0.25) is 11.8 Å². The molecule has 0 radical (unpaired) electrons. The zero-order valence-electron chi connectivity index (χ0n) is 14.5. The summed E-state index contributed by atoms with van der Waals surface area (Å²) in [6.45, 7) is 1.58. The number of anilines is 1. The van der Waals surface area contributed by atoms with Gasteiger partial charge in [0.15, 0.2) is 0 Å². The first-order chi connectivity index (χ1) is 12.6. The van der Waals surface area contributed by atoms with E-state index in [2.05, 4.69) is 0 Å². The maximum Gasteiger partial charge on any atom is 0.253 e. The molecule has 0 spiro atoms. The molecule has 26 heavy (non-hydrogen) atoms. The lowest BCUT2D eigenvalue weighted by Gasteiger charge is -2.26. The van der Waals surface area contributed by atoms with Crippen LogP contribution in [0.3, 0.4) is 0 Å². The molecule has 1 aromatic rings. The minimum absolute atomic E-state index is 0.0139. The van der Waals surface area contributed by atoms with Crippen LogP contribution in [0.2, 0.25) is 0 Å². The molecule has 2 aliphatic heterocycles. The van der Waals surface area contributed by atoms with Gasteiger partial charge in [0.1, 0.15) is 0 Å². The molecule has 0 saturated carbocycles.